The summed E-state index contributed by atoms with van der Waals surface area (Å²) in [5, 5.41) is 19.3. The second-order valence-corrected chi connectivity index (χ2v) is 8.68. The fourth-order valence-corrected chi connectivity index (χ4v) is 3.20. The van der Waals surface area contributed by atoms with Crippen molar-refractivity contribution in [2.75, 3.05) is 6.61 Å². The van der Waals surface area contributed by atoms with Crippen LogP contribution >= 0.6 is 7.82 Å². The fourth-order valence-electron chi connectivity index (χ4n) is 2.83. The maximum Gasteiger partial charge on any atom is 0.469 e. The number of unbranched alkanes of at least 4 members (excludes halogenated alkanes) is 13. The highest BCUT2D eigenvalue weighted by Gasteiger charge is 2.12. The van der Waals surface area contributed by atoms with E-state index in [0.717, 1.165) is 19.3 Å². The first kappa shape index (κ1) is 30.2. The van der Waals surface area contributed by atoms with Crippen LogP contribution < -0.4 is 5.32 Å². The molecule has 0 radical (unpaired) electrons. The van der Waals surface area contributed by atoms with Crippen molar-refractivity contribution in [3.63, 3.8) is 0 Å². The van der Waals surface area contributed by atoms with Crippen molar-refractivity contribution in [3.05, 3.63) is 0 Å². The van der Waals surface area contributed by atoms with Crippen molar-refractivity contribution in [3.8, 4) is 0 Å². The molecule has 2 atom stereocenters. The number of hydrogen-bond donors (Lipinski definition) is 5. The first-order chi connectivity index (χ1) is 13.2. The fraction of sp³-hybridized carbons (Fsp3) is 1.00. The molecule has 0 saturated heterocycles. The highest BCUT2D eigenvalue weighted by atomic mass is 31.2. The molecule has 0 aliphatic carbocycles. The Kier molecular flexibility index (Phi) is 23.4. The molecule has 0 rings (SSSR count). The minimum absolute atomic E-state index is 0.169. The molecule has 0 amide bonds. The summed E-state index contributed by atoms with van der Waals surface area (Å²) >= 11 is 0. The molecule has 172 valence electrons. The summed E-state index contributed by atoms with van der Waals surface area (Å²) < 4.78 is 14.8. The van der Waals surface area contributed by atoms with Crippen LogP contribution in [0.2, 0.25) is 0 Å². The molecule has 7 nitrogen and oxygen atoms in total. The van der Waals surface area contributed by atoms with Gasteiger partial charge in [-0.05, 0) is 20.3 Å². The molecular formula is C20H46NO6P. The smallest absolute Gasteiger partial charge is 0.379 e. The summed E-state index contributed by atoms with van der Waals surface area (Å²) in [6, 6.07) is 0. The average Bonchev–Trinajstić information content (AvgIpc) is 2.56. The van der Waals surface area contributed by atoms with Gasteiger partial charge < -0.3 is 20.0 Å². The van der Waals surface area contributed by atoms with Gasteiger partial charge in [0.1, 0.15) is 12.5 Å². The molecule has 0 saturated carbocycles. The molecule has 5 N–H and O–H groups in total. The van der Waals surface area contributed by atoms with Gasteiger partial charge in [0.25, 0.3) is 0 Å². The number of phosphoric ester groups is 1. The van der Waals surface area contributed by atoms with E-state index in [1.54, 1.807) is 13.8 Å². The lowest BCUT2D eigenvalue weighted by Crippen LogP contribution is -2.33. The number of nitrogens with one attached hydrogen (secondary N) is 1. The Morgan fingerprint density at radius 2 is 1.04 bits per heavy atom. The third-order valence-electron chi connectivity index (χ3n) is 4.24. The third kappa shape index (κ3) is 33.6. The van der Waals surface area contributed by atoms with Crippen molar-refractivity contribution in [2.24, 2.45) is 0 Å². The summed E-state index contributed by atoms with van der Waals surface area (Å²) in [4.78, 5) is 17.0. The Morgan fingerprint density at radius 1 is 0.714 bits per heavy atom. The van der Waals surface area contributed by atoms with E-state index in [1.165, 1.54) is 70.6 Å². The van der Waals surface area contributed by atoms with Gasteiger partial charge in [0.2, 0.25) is 0 Å². The van der Waals surface area contributed by atoms with Gasteiger partial charge >= 0.3 is 7.82 Å². The zero-order valence-corrected chi connectivity index (χ0v) is 19.2. The Hall–Kier alpha value is -0.0100. The van der Waals surface area contributed by atoms with E-state index in [9.17, 15) is 4.57 Å². The summed E-state index contributed by atoms with van der Waals surface area (Å²) in [7, 11) is -4.25. The molecule has 0 aromatic heterocycles. The van der Waals surface area contributed by atoms with Crippen LogP contribution in [0.5, 0.6) is 0 Å². The van der Waals surface area contributed by atoms with E-state index in [4.69, 9.17) is 20.0 Å². The monoisotopic (exact) mass is 427 g/mol. The van der Waals surface area contributed by atoms with E-state index >= 15 is 0 Å². The Balaban J connectivity index is 0. The van der Waals surface area contributed by atoms with Gasteiger partial charge in [0, 0.05) is 0 Å². The standard InChI is InChI=1S/C16H35O4P.C4H11NO2/c1-2-3-4-5-6-7-8-9-10-11-12-13-14-15-16-20-21(17,18)19;1-3(6)5-4(2)7/h2-16H2,1H3,(H2,17,18,19);3-7H,1-2H3. The predicted molar refractivity (Wildman–Crippen MR) is 115 cm³/mol. The van der Waals surface area contributed by atoms with Crippen LogP contribution in [0.25, 0.3) is 0 Å². The molecule has 0 spiro atoms. The molecule has 0 aliphatic heterocycles. The zero-order chi connectivity index (χ0) is 21.7. The van der Waals surface area contributed by atoms with Crippen molar-refractivity contribution < 1.29 is 29.1 Å². The Labute approximate surface area is 172 Å². The van der Waals surface area contributed by atoms with Gasteiger partial charge in [-0.15, -0.1) is 0 Å². The van der Waals surface area contributed by atoms with E-state index < -0.39 is 20.3 Å². The number of phosphoric acid groups is 1. The molecule has 0 fully saturated rings. The molecule has 0 heterocycles. The summed E-state index contributed by atoms with van der Waals surface area (Å²) in [6.45, 7) is 5.52. The molecule has 0 aromatic rings. The van der Waals surface area contributed by atoms with Crippen LogP contribution in [-0.2, 0) is 9.09 Å². The van der Waals surface area contributed by atoms with Gasteiger partial charge in [-0.3, -0.25) is 9.84 Å². The molecular weight excluding hydrogens is 381 g/mol. The van der Waals surface area contributed by atoms with Crippen LogP contribution in [0, 0.1) is 0 Å². The number of hydrogen-bond acceptors (Lipinski definition) is 5. The van der Waals surface area contributed by atoms with Crippen molar-refractivity contribution in [1.82, 2.24) is 5.32 Å². The molecule has 0 aromatic carbocycles. The molecule has 28 heavy (non-hydrogen) atoms. The van der Waals surface area contributed by atoms with Gasteiger partial charge in [0.15, 0.2) is 0 Å². The third-order valence-corrected chi connectivity index (χ3v) is 4.76. The minimum Gasteiger partial charge on any atom is -0.379 e. The minimum atomic E-state index is -4.25. The highest BCUT2D eigenvalue weighted by Crippen LogP contribution is 2.35. The lowest BCUT2D eigenvalue weighted by Gasteiger charge is -2.08. The zero-order valence-electron chi connectivity index (χ0n) is 18.3. The van der Waals surface area contributed by atoms with Gasteiger partial charge in [-0.1, -0.05) is 90.4 Å². The molecule has 0 aliphatic rings. The lowest BCUT2D eigenvalue weighted by molar-refractivity contribution is 0.0632. The van der Waals surface area contributed by atoms with Crippen molar-refractivity contribution in [1.29, 1.82) is 0 Å². The lowest BCUT2D eigenvalue weighted by atomic mass is 10.0. The van der Waals surface area contributed by atoms with Gasteiger partial charge in [-0.2, -0.15) is 0 Å². The van der Waals surface area contributed by atoms with Crippen molar-refractivity contribution in [2.45, 2.75) is 123 Å². The van der Waals surface area contributed by atoms with E-state index in [0.29, 0.717) is 0 Å². The second-order valence-electron chi connectivity index (χ2n) is 7.44. The maximum atomic E-state index is 10.4. The van der Waals surface area contributed by atoms with E-state index in [1.807, 2.05) is 0 Å². The van der Waals surface area contributed by atoms with Gasteiger partial charge in [0.05, 0.1) is 6.61 Å². The van der Waals surface area contributed by atoms with E-state index in [-0.39, 0.29) is 6.61 Å². The SMILES string of the molecule is CC(O)NC(C)O.CCCCCCCCCCCCCCCCOP(=O)(O)O. The number of aliphatic hydroxyl groups is 2. The maximum absolute atomic E-state index is 10.4. The number of aliphatic hydroxyl groups excluding tert-OH is 2. The van der Waals surface area contributed by atoms with Gasteiger partial charge in [-0.25, -0.2) is 4.57 Å². The summed E-state index contributed by atoms with van der Waals surface area (Å²) in [6.07, 6.45) is 16.5. The first-order valence-corrected chi connectivity index (χ1v) is 12.5. The quantitative estimate of drug-likeness (QED) is 0.121. The normalized spacial score (nSPS) is 13.7. The van der Waals surface area contributed by atoms with Crippen molar-refractivity contribution >= 4 is 7.82 Å². The highest BCUT2D eigenvalue weighted by molar-refractivity contribution is 7.46. The van der Waals surface area contributed by atoms with Crippen LogP contribution in [0.4, 0.5) is 0 Å². The topological polar surface area (TPSA) is 119 Å². The molecule has 8 heteroatoms. The molecule has 0 bridgehead atoms. The number of rotatable bonds is 18. The first-order valence-electron chi connectivity index (χ1n) is 11.0. The summed E-state index contributed by atoms with van der Waals surface area (Å²) in [5.41, 5.74) is 0. The Morgan fingerprint density at radius 3 is 1.29 bits per heavy atom. The predicted octanol–water partition coefficient (Wildman–Crippen LogP) is 4.83. The average molecular weight is 428 g/mol. The largest absolute Gasteiger partial charge is 0.469 e. The van der Waals surface area contributed by atoms with E-state index in [2.05, 4.69) is 16.8 Å². The summed E-state index contributed by atoms with van der Waals surface area (Å²) in [5.74, 6) is 0. The second kappa shape index (κ2) is 21.7. The van der Waals surface area contributed by atoms with Crippen LogP contribution in [0.15, 0.2) is 0 Å². The van der Waals surface area contributed by atoms with Crippen LogP contribution in [0.3, 0.4) is 0 Å². The van der Waals surface area contributed by atoms with Crippen LogP contribution in [-0.4, -0.2) is 39.1 Å². The molecule has 2 unspecified atom stereocenters. The van der Waals surface area contributed by atoms with Crippen LogP contribution in [0.1, 0.15) is 111 Å². The Bertz CT molecular complexity index is 344.